The molecule has 0 aromatic heterocycles. The molecular weight excluding hydrogens is 360 g/mol. The molecule has 1 amide bonds. The number of hydrogen-bond acceptors (Lipinski definition) is 2. The Morgan fingerprint density at radius 1 is 1.10 bits per heavy atom. The van der Waals surface area contributed by atoms with E-state index in [0.29, 0.717) is 5.75 Å². The maximum absolute atomic E-state index is 13.4. The quantitative estimate of drug-likeness (QED) is 0.831. The fraction of sp³-hybridized carbons (Fsp3) is 0.133. The molecule has 0 fully saturated rings. The Labute approximate surface area is 134 Å². The van der Waals surface area contributed by atoms with Crippen molar-refractivity contribution in [2.24, 2.45) is 0 Å². The van der Waals surface area contributed by atoms with Crippen LogP contribution in [0.4, 0.5) is 14.5 Å². The van der Waals surface area contributed by atoms with E-state index in [4.69, 9.17) is 0 Å². The smallest absolute Gasteiger partial charge is 0.234 e. The second-order valence-corrected chi connectivity index (χ2v) is 6.07. The zero-order valence-electron chi connectivity index (χ0n) is 10.9. The molecular formula is C15H12BrF2NOS. The summed E-state index contributed by atoms with van der Waals surface area (Å²) in [6.45, 7) is 0. The molecule has 0 bridgehead atoms. The Balaban J connectivity index is 1.87. The Bertz CT molecular complexity index is 631. The molecule has 0 radical (unpaired) electrons. The molecule has 0 heterocycles. The minimum Gasteiger partial charge on any atom is -0.320 e. The fourth-order valence-electron chi connectivity index (χ4n) is 1.66. The first-order valence-corrected chi connectivity index (χ1v) is 8.07. The van der Waals surface area contributed by atoms with Gasteiger partial charge in [-0.25, -0.2) is 8.78 Å². The number of para-hydroxylation sites is 1. The first-order valence-electron chi connectivity index (χ1n) is 6.13. The normalized spacial score (nSPS) is 10.4. The van der Waals surface area contributed by atoms with E-state index in [9.17, 15) is 13.6 Å². The number of anilines is 1. The highest BCUT2D eigenvalue weighted by Crippen LogP contribution is 2.22. The van der Waals surface area contributed by atoms with Crippen LogP contribution >= 0.6 is 27.7 Å². The minimum absolute atomic E-state index is 0.120. The number of rotatable bonds is 5. The molecule has 0 saturated carbocycles. The lowest BCUT2D eigenvalue weighted by Gasteiger charge is -2.08. The fourth-order valence-corrected chi connectivity index (χ4v) is 3.10. The first kappa shape index (κ1) is 16.0. The zero-order valence-corrected chi connectivity index (χ0v) is 13.3. The van der Waals surface area contributed by atoms with Gasteiger partial charge in [0.25, 0.3) is 0 Å². The molecule has 0 saturated heterocycles. The lowest BCUT2D eigenvalue weighted by molar-refractivity contribution is -0.113. The van der Waals surface area contributed by atoms with Crippen LogP contribution in [0, 0.1) is 11.6 Å². The maximum atomic E-state index is 13.4. The van der Waals surface area contributed by atoms with E-state index >= 15 is 0 Å². The molecule has 0 aliphatic carbocycles. The van der Waals surface area contributed by atoms with E-state index in [1.54, 1.807) is 0 Å². The summed E-state index contributed by atoms with van der Waals surface area (Å²) in [5, 5.41) is 2.26. The number of amides is 1. The molecule has 0 unspecified atom stereocenters. The standard InChI is InChI=1S/C15H12BrF2NOS/c16-11-5-2-1-4-10(11)8-21-9-14(20)19-15-12(17)6-3-7-13(15)18/h1-7H,8-9H2,(H,19,20). The molecule has 2 aromatic rings. The van der Waals surface area contributed by atoms with Crippen LogP contribution in [0.3, 0.4) is 0 Å². The molecule has 2 aromatic carbocycles. The largest absolute Gasteiger partial charge is 0.320 e. The van der Waals surface area contributed by atoms with Gasteiger partial charge in [-0.05, 0) is 23.8 Å². The number of thioether (sulfide) groups is 1. The van der Waals surface area contributed by atoms with Gasteiger partial charge in [-0.15, -0.1) is 11.8 Å². The van der Waals surface area contributed by atoms with E-state index in [1.165, 1.54) is 17.8 Å². The molecule has 0 spiro atoms. The first-order chi connectivity index (χ1) is 10.1. The summed E-state index contributed by atoms with van der Waals surface area (Å²) in [6.07, 6.45) is 0. The van der Waals surface area contributed by atoms with Crippen LogP contribution in [0.2, 0.25) is 0 Å². The maximum Gasteiger partial charge on any atom is 0.234 e. The summed E-state index contributed by atoms with van der Waals surface area (Å²) in [7, 11) is 0. The highest BCUT2D eigenvalue weighted by Gasteiger charge is 2.11. The number of carbonyl (C=O) groups excluding carboxylic acids is 1. The van der Waals surface area contributed by atoms with Gasteiger partial charge in [-0.2, -0.15) is 0 Å². The van der Waals surface area contributed by atoms with E-state index in [-0.39, 0.29) is 5.75 Å². The van der Waals surface area contributed by atoms with Crippen molar-refractivity contribution in [1.82, 2.24) is 0 Å². The Morgan fingerprint density at radius 3 is 2.43 bits per heavy atom. The monoisotopic (exact) mass is 371 g/mol. The molecule has 110 valence electrons. The average Bonchev–Trinajstić information content (AvgIpc) is 2.45. The summed E-state index contributed by atoms with van der Waals surface area (Å²) < 4.78 is 27.7. The van der Waals surface area contributed by atoms with Crippen molar-refractivity contribution in [3.8, 4) is 0 Å². The number of halogens is 3. The van der Waals surface area contributed by atoms with E-state index < -0.39 is 23.2 Å². The van der Waals surface area contributed by atoms with Gasteiger partial charge < -0.3 is 5.32 Å². The summed E-state index contributed by atoms with van der Waals surface area (Å²) in [5.74, 6) is -1.24. The molecule has 1 N–H and O–H groups in total. The number of nitrogens with one attached hydrogen (secondary N) is 1. The van der Waals surface area contributed by atoms with E-state index in [1.807, 2.05) is 24.3 Å². The van der Waals surface area contributed by atoms with Crippen LogP contribution in [-0.4, -0.2) is 11.7 Å². The Morgan fingerprint density at radius 2 is 1.76 bits per heavy atom. The molecule has 2 rings (SSSR count). The van der Waals surface area contributed by atoms with Crippen molar-refractivity contribution >= 4 is 39.3 Å². The van der Waals surface area contributed by atoms with Gasteiger partial charge in [0.2, 0.25) is 5.91 Å². The molecule has 2 nitrogen and oxygen atoms in total. The lowest BCUT2D eigenvalue weighted by atomic mass is 10.2. The third-order valence-electron chi connectivity index (χ3n) is 2.68. The molecule has 6 heteroatoms. The lowest BCUT2D eigenvalue weighted by Crippen LogP contribution is -2.16. The zero-order chi connectivity index (χ0) is 15.2. The SMILES string of the molecule is O=C(CSCc1ccccc1Br)Nc1c(F)cccc1F. The number of carbonyl (C=O) groups is 1. The van der Waals surface area contributed by atoms with E-state index in [0.717, 1.165) is 22.2 Å². The van der Waals surface area contributed by atoms with Gasteiger partial charge >= 0.3 is 0 Å². The van der Waals surface area contributed by atoms with Gasteiger partial charge in [-0.3, -0.25) is 4.79 Å². The predicted molar refractivity (Wildman–Crippen MR) is 85.3 cm³/mol. The van der Waals surface area contributed by atoms with Crippen molar-refractivity contribution in [3.63, 3.8) is 0 Å². The third kappa shape index (κ3) is 4.54. The van der Waals surface area contributed by atoms with Gasteiger partial charge in [0, 0.05) is 10.2 Å². The molecule has 0 aliphatic heterocycles. The summed E-state index contributed by atoms with van der Waals surface area (Å²) in [4.78, 5) is 11.7. The van der Waals surface area contributed by atoms with Crippen molar-refractivity contribution in [1.29, 1.82) is 0 Å². The van der Waals surface area contributed by atoms with Crippen LogP contribution in [0.25, 0.3) is 0 Å². The van der Waals surface area contributed by atoms with Crippen LogP contribution in [0.5, 0.6) is 0 Å². The second-order valence-electron chi connectivity index (χ2n) is 4.23. The summed E-state index contributed by atoms with van der Waals surface area (Å²) >= 11 is 4.80. The van der Waals surface area contributed by atoms with Crippen molar-refractivity contribution in [2.75, 3.05) is 11.1 Å². The van der Waals surface area contributed by atoms with Crippen LogP contribution in [0.15, 0.2) is 46.9 Å². The highest BCUT2D eigenvalue weighted by atomic mass is 79.9. The average molecular weight is 372 g/mol. The predicted octanol–water partition coefficient (Wildman–Crippen LogP) is 4.60. The second kappa shape index (κ2) is 7.56. The van der Waals surface area contributed by atoms with Crippen LogP contribution in [-0.2, 0) is 10.5 Å². The Hall–Kier alpha value is -1.40. The van der Waals surface area contributed by atoms with Crippen molar-refractivity contribution in [3.05, 3.63) is 64.1 Å². The number of benzene rings is 2. The minimum atomic E-state index is -0.779. The number of hydrogen-bond donors (Lipinski definition) is 1. The third-order valence-corrected chi connectivity index (χ3v) is 4.43. The van der Waals surface area contributed by atoms with Gasteiger partial charge in [0.15, 0.2) is 0 Å². The van der Waals surface area contributed by atoms with E-state index in [2.05, 4.69) is 21.2 Å². The summed E-state index contributed by atoms with van der Waals surface area (Å²) in [6, 6.07) is 11.2. The highest BCUT2D eigenvalue weighted by molar-refractivity contribution is 9.10. The van der Waals surface area contributed by atoms with Crippen molar-refractivity contribution in [2.45, 2.75) is 5.75 Å². The Kier molecular flexibility index (Phi) is 5.76. The van der Waals surface area contributed by atoms with Gasteiger partial charge in [0.05, 0.1) is 5.75 Å². The molecule has 0 atom stereocenters. The van der Waals surface area contributed by atoms with Gasteiger partial charge in [0.1, 0.15) is 17.3 Å². The van der Waals surface area contributed by atoms with Crippen molar-refractivity contribution < 1.29 is 13.6 Å². The van der Waals surface area contributed by atoms with Crippen LogP contribution in [0.1, 0.15) is 5.56 Å². The molecule has 0 aliphatic rings. The topological polar surface area (TPSA) is 29.1 Å². The molecule has 21 heavy (non-hydrogen) atoms. The van der Waals surface area contributed by atoms with Crippen LogP contribution < -0.4 is 5.32 Å². The summed E-state index contributed by atoms with van der Waals surface area (Å²) in [5.41, 5.74) is 0.663. The van der Waals surface area contributed by atoms with Gasteiger partial charge in [-0.1, -0.05) is 40.2 Å².